The van der Waals surface area contributed by atoms with Crippen molar-refractivity contribution in [2.24, 2.45) is 0 Å². The van der Waals surface area contributed by atoms with Gasteiger partial charge in [0.25, 0.3) is 5.91 Å². The number of nitrogens with zero attached hydrogens (tertiary/aromatic N) is 3. The third-order valence-corrected chi connectivity index (χ3v) is 5.93. The van der Waals surface area contributed by atoms with E-state index in [0.29, 0.717) is 30.8 Å². The number of hydrogen-bond acceptors (Lipinski definition) is 5. The van der Waals surface area contributed by atoms with Crippen LogP contribution in [0.4, 0.5) is 10.1 Å². The summed E-state index contributed by atoms with van der Waals surface area (Å²) in [5.74, 6) is 0.333. The Kier molecular flexibility index (Phi) is 5.84. The maximum absolute atomic E-state index is 13.4. The number of fused-ring (bicyclic) bond motifs is 2. The molecule has 4 aromatic rings. The van der Waals surface area contributed by atoms with E-state index in [0.717, 1.165) is 45.6 Å². The Hall–Kier alpha value is -4.00. The Labute approximate surface area is 197 Å². The van der Waals surface area contributed by atoms with Crippen molar-refractivity contribution < 1.29 is 13.9 Å². The highest BCUT2D eigenvalue weighted by Gasteiger charge is 2.21. The molecule has 0 bridgehead atoms. The Bertz CT molecular complexity index is 1370. The van der Waals surface area contributed by atoms with Crippen molar-refractivity contribution in [3.63, 3.8) is 0 Å². The molecule has 0 saturated heterocycles. The molecular formula is C27H25FN4O2. The number of carbonyl (C=O) groups excluding carboxylic acids is 1. The molecule has 0 spiro atoms. The quantitative estimate of drug-likeness (QED) is 0.466. The number of pyridine rings is 2. The van der Waals surface area contributed by atoms with Crippen molar-refractivity contribution in [3.8, 4) is 17.0 Å². The molecule has 3 heterocycles. The maximum Gasteiger partial charge on any atom is 0.251 e. The van der Waals surface area contributed by atoms with Gasteiger partial charge in [-0.2, -0.15) is 0 Å². The SMILES string of the molecule is CN(C)c1cc(C(=O)NCCc2cc3c(c(-c4ccc(F)cc4)n2)OCC3)cc2cccnc12. The number of anilines is 1. The molecule has 1 N–H and O–H groups in total. The molecule has 2 aromatic carbocycles. The maximum atomic E-state index is 13.4. The Morgan fingerprint density at radius 1 is 1.15 bits per heavy atom. The molecule has 6 nitrogen and oxygen atoms in total. The van der Waals surface area contributed by atoms with Gasteiger partial charge in [0.15, 0.2) is 0 Å². The summed E-state index contributed by atoms with van der Waals surface area (Å²) in [6.07, 6.45) is 3.14. The first-order valence-electron chi connectivity index (χ1n) is 11.3. The minimum Gasteiger partial charge on any atom is -0.491 e. The minimum atomic E-state index is -0.290. The summed E-state index contributed by atoms with van der Waals surface area (Å²) in [6, 6.07) is 15.9. The first kappa shape index (κ1) is 21.8. The van der Waals surface area contributed by atoms with Crippen LogP contribution in [0.25, 0.3) is 22.2 Å². The molecule has 0 unspecified atom stereocenters. The van der Waals surface area contributed by atoms with Crippen LogP contribution >= 0.6 is 0 Å². The lowest BCUT2D eigenvalue weighted by atomic mass is 10.0. The van der Waals surface area contributed by atoms with Gasteiger partial charge in [0, 0.05) is 67.4 Å². The highest BCUT2D eigenvalue weighted by atomic mass is 19.1. The summed E-state index contributed by atoms with van der Waals surface area (Å²) < 4.78 is 19.2. The second kappa shape index (κ2) is 9.09. The van der Waals surface area contributed by atoms with E-state index in [2.05, 4.69) is 10.3 Å². The van der Waals surface area contributed by atoms with Crippen LogP contribution in [0.15, 0.2) is 60.8 Å². The van der Waals surface area contributed by atoms with Gasteiger partial charge in [-0.15, -0.1) is 0 Å². The van der Waals surface area contributed by atoms with E-state index in [1.54, 1.807) is 18.3 Å². The number of nitrogens with one attached hydrogen (secondary N) is 1. The average molecular weight is 457 g/mol. The van der Waals surface area contributed by atoms with Crippen molar-refractivity contribution in [2.75, 3.05) is 32.1 Å². The zero-order chi connectivity index (χ0) is 23.7. The summed E-state index contributed by atoms with van der Waals surface area (Å²) in [6.45, 7) is 1.05. The first-order valence-corrected chi connectivity index (χ1v) is 11.3. The number of aromatic nitrogens is 2. The lowest BCUT2D eigenvalue weighted by molar-refractivity contribution is 0.0954. The number of halogens is 1. The van der Waals surface area contributed by atoms with Crippen molar-refractivity contribution in [2.45, 2.75) is 12.8 Å². The second-order valence-corrected chi connectivity index (χ2v) is 8.53. The van der Waals surface area contributed by atoms with Crippen LogP contribution in [0.5, 0.6) is 5.75 Å². The zero-order valence-corrected chi connectivity index (χ0v) is 19.1. The lowest BCUT2D eigenvalue weighted by Crippen LogP contribution is -2.26. The highest BCUT2D eigenvalue weighted by molar-refractivity contribution is 6.02. The average Bonchev–Trinajstić information content (AvgIpc) is 3.32. The van der Waals surface area contributed by atoms with Gasteiger partial charge >= 0.3 is 0 Å². The summed E-state index contributed by atoms with van der Waals surface area (Å²) in [4.78, 5) is 24.1. The summed E-state index contributed by atoms with van der Waals surface area (Å²) in [5.41, 5.74) is 5.83. The fraction of sp³-hybridized carbons (Fsp3) is 0.222. The smallest absolute Gasteiger partial charge is 0.251 e. The molecule has 2 aromatic heterocycles. The Morgan fingerprint density at radius 2 is 1.97 bits per heavy atom. The topological polar surface area (TPSA) is 67.4 Å². The van der Waals surface area contributed by atoms with Crippen LogP contribution in [-0.4, -0.2) is 43.1 Å². The molecular weight excluding hydrogens is 431 g/mol. The van der Waals surface area contributed by atoms with Gasteiger partial charge in [-0.25, -0.2) is 9.37 Å². The van der Waals surface area contributed by atoms with Gasteiger partial charge < -0.3 is 15.0 Å². The molecule has 0 aliphatic carbocycles. The number of amides is 1. The molecule has 1 amide bonds. The van der Waals surface area contributed by atoms with Gasteiger partial charge in [0.05, 0.1) is 17.8 Å². The predicted octanol–water partition coefficient (Wildman–Crippen LogP) is 4.41. The van der Waals surface area contributed by atoms with E-state index in [4.69, 9.17) is 9.72 Å². The van der Waals surface area contributed by atoms with Crippen LogP contribution in [0.2, 0.25) is 0 Å². The minimum absolute atomic E-state index is 0.142. The summed E-state index contributed by atoms with van der Waals surface area (Å²) in [5, 5.41) is 3.93. The van der Waals surface area contributed by atoms with Gasteiger partial charge in [-0.3, -0.25) is 9.78 Å². The van der Waals surface area contributed by atoms with Gasteiger partial charge in [0.2, 0.25) is 0 Å². The van der Waals surface area contributed by atoms with E-state index >= 15 is 0 Å². The molecule has 7 heteroatoms. The zero-order valence-electron chi connectivity index (χ0n) is 19.1. The van der Waals surface area contributed by atoms with Crippen molar-refractivity contribution >= 4 is 22.5 Å². The fourth-order valence-electron chi connectivity index (χ4n) is 4.24. The normalized spacial score (nSPS) is 12.3. The van der Waals surface area contributed by atoms with Gasteiger partial charge in [-0.1, -0.05) is 6.07 Å². The number of hydrogen-bond donors (Lipinski definition) is 1. The molecule has 1 aliphatic heterocycles. The van der Waals surface area contributed by atoms with E-state index in [9.17, 15) is 9.18 Å². The Balaban J connectivity index is 1.34. The summed E-state index contributed by atoms with van der Waals surface area (Å²) >= 11 is 0. The standard InChI is InChI=1S/C27H25FN4O2/c1-32(2)23-16-20(14-18-4-3-11-29-24(18)23)27(33)30-12-9-22-15-19-10-13-34-26(19)25(31-22)17-5-7-21(28)8-6-17/h3-8,11,14-16H,9-10,12-13H2,1-2H3,(H,30,33). The van der Waals surface area contributed by atoms with E-state index in [1.165, 1.54) is 12.1 Å². The lowest BCUT2D eigenvalue weighted by Gasteiger charge is -2.16. The van der Waals surface area contributed by atoms with Crippen molar-refractivity contribution in [3.05, 3.63) is 83.4 Å². The molecule has 0 atom stereocenters. The van der Waals surface area contributed by atoms with E-state index < -0.39 is 0 Å². The molecule has 5 rings (SSSR count). The molecule has 0 saturated carbocycles. The number of rotatable bonds is 6. The third-order valence-electron chi connectivity index (χ3n) is 5.93. The number of ether oxygens (including phenoxy) is 1. The van der Waals surface area contributed by atoms with Crippen LogP contribution in [0, 0.1) is 5.82 Å². The molecule has 0 fully saturated rings. The van der Waals surface area contributed by atoms with Gasteiger partial charge in [0.1, 0.15) is 17.3 Å². The summed E-state index contributed by atoms with van der Waals surface area (Å²) in [7, 11) is 3.88. The van der Waals surface area contributed by atoms with Crippen LogP contribution in [0.1, 0.15) is 21.6 Å². The van der Waals surface area contributed by atoms with Gasteiger partial charge in [-0.05, 0) is 48.5 Å². The highest BCUT2D eigenvalue weighted by Crippen LogP contribution is 2.36. The largest absolute Gasteiger partial charge is 0.491 e. The van der Waals surface area contributed by atoms with Crippen molar-refractivity contribution in [1.82, 2.24) is 15.3 Å². The van der Waals surface area contributed by atoms with Crippen LogP contribution < -0.4 is 15.0 Å². The number of carbonyl (C=O) groups is 1. The van der Waals surface area contributed by atoms with E-state index in [1.807, 2.05) is 49.3 Å². The van der Waals surface area contributed by atoms with Crippen molar-refractivity contribution in [1.29, 1.82) is 0 Å². The molecule has 0 radical (unpaired) electrons. The van der Waals surface area contributed by atoms with Crippen LogP contribution in [-0.2, 0) is 12.8 Å². The first-order chi connectivity index (χ1) is 16.5. The predicted molar refractivity (Wildman–Crippen MR) is 131 cm³/mol. The second-order valence-electron chi connectivity index (χ2n) is 8.53. The fourth-order valence-corrected chi connectivity index (χ4v) is 4.24. The number of benzene rings is 2. The third kappa shape index (κ3) is 4.29. The van der Waals surface area contributed by atoms with E-state index in [-0.39, 0.29) is 11.7 Å². The Morgan fingerprint density at radius 3 is 2.76 bits per heavy atom. The van der Waals surface area contributed by atoms with Crippen LogP contribution in [0.3, 0.4) is 0 Å². The molecule has 1 aliphatic rings. The molecule has 172 valence electrons. The monoisotopic (exact) mass is 456 g/mol. The molecule has 34 heavy (non-hydrogen) atoms.